The molecule has 0 atom stereocenters. The number of aromatic amines is 1. The van der Waals surface area contributed by atoms with Crippen LogP contribution in [0.25, 0.3) is 11.0 Å². The summed E-state index contributed by atoms with van der Waals surface area (Å²) in [5.41, 5.74) is 1.50. The number of imidazole rings is 1. The van der Waals surface area contributed by atoms with Gasteiger partial charge in [0.05, 0.1) is 17.1 Å². The van der Waals surface area contributed by atoms with Crippen LogP contribution in [0.5, 0.6) is 0 Å². The predicted molar refractivity (Wildman–Crippen MR) is 68.1 cm³/mol. The molecule has 3 rings (SSSR count). The number of halogens is 1. The zero-order valence-electron chi connectivity index (χ0n) is 10.2. The van der Waals surface area contributed by atoms with Crippen LogP contribution in [0.4, 0.5) is 10.3 Å². The number of nitrogens with zero attached hydrogens (tertiary/aromatic N) is 1. The molecule has 96 valence electrons. The summed E-state index contributed by atoms with van der Waals surface area (Å²) in [6, 6.07) is 4.95. The Morgan fingerprint density at radius 2 is 2.33 bits per heavy atom. The van der Waals surface area contributed by atoms with Gasteiger partial charge in [-0.2, -0.15) is 0 Å². The smallest absolute Gasteiger partial charge is 0.201 e. The molecule has 2 aromatic rings. The van der Waals surface area contributed by atoms with E-state index in [4.69, 9.17) is 4.74 Å². The molecule has 1 saturated carbocycles. The van der Waals surface area contributed by atoms with Crippen LogP contribution >= 0.6 is 0 Å². The highest BCUT2D eigenvalue weighted by Crippen LogP contribution is 2.26. The Hall–Kier alpha value is -1.62. The van der Waals surface area contributed by atoms with Crippen molar-refractivity contribution in [2.45, 2.75) is 31.9 Å². The third-order valence-electron chi connectivity index (χ3n) is 3.28. The fraction of sp³-hybridized carbons (Fsp3) is 0.462. The van der Waals surface area contributed by atoms with Gasteiger partial charge in [0.15, 0.2) is 0 Å². The molecule has 0 amide bonds. The number of hydrogen-bond donors (Lipinski definition) is 2. The molecule has 1 aliphatic rings. The van der Waals surface area contributed by atoms with E-state index < -0.39 is 0 Å². The SMILES string of the molecule is CCOC1CC(Nc2nc3ccc(F)cc3[nH]2)C1. The van der Waals surface area contributed by atoms with Crippen LogP contribution in [0.1, 0.15) is 19.8 Å². The Kier molecular flexibility index (Phi) is 2.91. The normalized spacial score (nSPS) is 23.0. The lowest BCUT2D eigenvalue weighted by Crippen LogP contribution is -2.41. The summed E-state index contributed by atoms with van der Waals surface area (Å²) in [4.78, 5) is 7.45. The molecule has 4 nitrogen and oxygen atoms in total. The van der Waals surface area contributed by atoms with Crippen LogP contribution in [0.2, 0.25) is 0 Å². The molecule has 0 saturated heterocycles. The number of rotatable bonds is 4. The molecule has 18 heavy (non-hydrogen) atoms. The summed E-state index contributed by atoms with van der Waals surface area (Å²) < 4.78 is 18.5. The van der Waals surface area contributed by atoms with Crippen LogP contribution in [-0.4, -0.2) is 28.7 Å². The maximum Gasteiger partial charge on any atom is 0.201 e. The third kappa shape index (κ3) is 2.18. The van der Waals surface area contributed by atoms with Gasteiger partial charge >= 0.3 is 0 Å². The van der Waals surface area contributed by atoms with Gasteiger partial charge in [-0.15, -0.1) is 0 Å². The second kappa shape index (κ2) is 4.57. The van der Waals surface area contributed by atoms with Gasteiger partial charge < -0.3 is 15.0 Å². The lowest BCUT2D eigenvalue weighted by Gasteiger charge is -2.35. The molecule has 0 bridgehead atoms. The molecule has 0 spiro atoms. The fourth-order valence-corrected chi connectivity index (χ4v) is 2.30. The number of benzene rings is 1. The molecule has 5 heteroatoms. The van der Waals surface area contributed by atoms with Gasteiger partial charge in [-0.3, -0.25) is 0 Å². The Labute approximate surface area is 105 Å². The van der Waals surface area contributed by atoms with Crippen LogP contribution in [0.3, 0.4) is 0 Å². The molecule has 1 aromatic heterocycles. The number of aromatic nitrogens is 2. The third-order valence-corrected chi connectivity index (χ3v) is 3.28. The molecule has 2 N–H and O–H groups in total. The minimum Gasteiger partial charge on any atom is -0.378 e. The Morgan fingerprint density at radius 1 is 1.50 bits per heavy atom. The standard InChI is InChI=1S/C13H16FN3O/c1-2-18-10-6-9(7-10)15-13-16-11-4-3-8(14)5-12(11)17-13/h3-5,9-10H,2,6-7H2,1H3,(H2,15,16,17). The Balaban J connectivity index is 1.65. The van der Waals surface area contributed by atoms with Crippen LogP contribution in [0.15, 0.2) is 18.2 Å². The number of ether oxygens (including phenoxy) is 1. The molecular weight excluding hydrogens is 233 g/mol. The van der Waals surface area contributed by atoms with E-state index in [1.807, 2.05) is 6.92 Å². The number of nitrogens with one attached hydrogen (secondary N) is 2. The van der Waals surface area contributed by atoms with Crippen molar-refractivity contribution in [3.63, 3.8) is 0 Å². The first-order valence-corrected chi connectivity index (χ1v) is 6.28. The van der Waals surface area contributed by atoms with Gasteiger partial charge in [0.25, 0.3) is 0 Å². The first-order chi connectivity index (χ1) is 8.74. The van der Waals surface area contributed by atoms with Crippen LogP contribution in [0, 0.1) is 5.82 Å². The molecular formula is C13H16FN3O. The second-order valence-corrected chi connectivity index (χ2v) is 4.64. The molecule has 1 aliphatic carbocycles. The van der Waals surface area contributed by atoms with Gasteiger partial charge in [-0.1, -0.05) is 0 Å². The highest BCUT2D eigenvalue weighted by Gasteiger charge is 2.29. The van der Waals surface area contributed by atoms with Crippen molar-refractivity contribution in [3.8, 4) is 0 Å². The maximum absolute atomic E-state index is 13.0. The lowest BCUT2D eigenvalue weighted by molar-refractivity contribution is 0.00287. The van der Waals surface area contributed by atoms with Crippen molar-refractivity contribution >= 4 is 17.0 Å². The van der Waals surface area contributed by atoms with Crippen LogP contribution in [-0.2, 0) is 4.74 Å². The van der Waals surface area contributed by atoms with Gasteiger partial charge in [0.2, 0.25) is 5.95 Å². The van der Waals surface area contributed by atoms with Gasteiger partial charge in [-0.05, 0) is 38.0 Å². The van der Waals surface area contributed by atoms with Crippen molar-refractivity contribution in [2.24, 2.45) is 0 Å². The second-order valence-electron chi connectivity index (χ2n) is 4.64. The summed E-state index contributed by atoms with van der Waals surface area (Å²) in [6.07, 6.45) is 2.37. The van der Waals surface area contributed by atoms with Crippen molar-refractivity contribution < 1.29 is 9.13 Å². The van der Waals surface area contributed by atoms with Crippen LogP contribution < -0.4 is 5.32 Å². The van der Waals surface area contributed by atoms with E-state index in [2.05, 4.69) is 15.3 Å². The van der Waals surface area contributed by atoms with E-state index in [1.165, 1.54) is 12.1 Å². The minimum atomic E-state index is -0.252. The fourth-order valence-electron chi connectivity index (χ4n) is 2.30. The molecule has 1 heterocycles. The Morgan fingerprint density at radius 3 is 3.11 bits per heavy atom. The molecule has 1 aromatic carbocycles. The largest absolute Gasteiger partial charge is 0.378 e. The van der Waals surface area contributed by atoms with E-state index >= 15 is 0 Å². The molecule has 0 radical (unpaired) electrons. The van der Waals surface area contributed by atoms with E-state index in [9.17, 15) is 4.39 Å². The van der Waals surface area contributed by atoms with Crippen molar-refractivity contribution in [3.05, 3.63) is 24.0 Å². The summed E-state index contributed by atoms with van der Waals surface area (Å²) in [5.74, 6) is 0.452. The van der Waals surface area contributed by atoms with Crippen molar-refractivity contribution in [1.82, 2.24) is 9.97 Å². The molecule has 1 fully saturated rings. The first-order valence-electron chi connectivity index (χ1n) is 6.28. The summed E-state index contributed by atoms with van der Waals surface area (Å²) in [7, 11) is 0. The average molecular weight is 249 g/mol. The number of fused-ring (bicyclic) bond motifs is 1. The van der Waals surface area contributed by atoms with Gasteiger partial charge in [0, 0.05) is 12.6 Å². The average Bonchev–Trinajstić information content (AvgIpc) is 2.68. The van der Waals surface area contributed by atoms with Crippen molar-refractivity contribution in [1.29, 1.82) is 0 Å². The molecule has 0 aliphatic heterocycles. The summed E-state index contributed by atoms with van der Waals surface area (Å²) >= 11 is 0. The molecule has 0 unspecified atom stereocenters. The maximum atomic E-state index is 13.0. The minimum absolute atomic E-state index is 0.252. The number of anilines is 1. The number of hydrogen-bond acceptors (Lipinski definition) is 3. The Bertz CT molecular complexity index is 548. The van der Waals surface area contributed by atoms with E-state index in [-0.39, 0.29) is 5.82 Å². The predicted octanol–water partition coefficient (Wildman–Crippen LogP) is 2.68. The summed E-state index contributed by atoms with van der Waals surface area (Å²) in [5, 5.41) is 3.31. The monoisotopic (exact) mass is 249 g/mol. The van der Waals surface area contributed by atoms with E-state index in [0.717, 1.165) is 30.5 Å². The first kappa shape index (κ1) is 11.5. The highest BCUT2D eigenvalue weighted by molar-refractivity contribution is 5.77. The van der Waals surface area contributed by atoms with Gasteiger partial charge in [0.1, 0.15) is 5.82 Å². The number of H-pyrrole nitrogens is 1. The van der Waals surface area contributed by atoms with E-state index in [0.29, 0.717) is 18.1 Å². The van der Waals surface area contributed by atoms with E-state index in [1.54, 1.807) is 6.07 Å². The van der Waals surface area contributed by atoms with Crippen molar-refractivity contribution in [2.75, 3.05) is 11.9 Å². The lowest BCUT2D eigenvalue weighted by atomic mass is 9.89. The van der Waals surface area contributed by atoms with Gasteiger partial charge in [-0.25, -0.2) is 9.37 Å². The quantitative estimate of drug-likeness (QED) is 0.875. The topological polar surface area (TPSA) is 49.9 Å². The summed E-state index contributed by atoms with van der Waals surface area (Å²) in [6.45, 7) is 2.77. The zero-order chi connectivity index (χ0) is 12.5. The highest BCUT2D eigenvalue weighted by atomic mass is 19.1. The zero-order valence-corrected chi connectivity index (χ0v) is 10.2.